The monoisotopic (exact) mass is 230 g/mol. The van der Waals surface area contributed by atoms with Crippen LogP contribution in [0.15, 0.2) is 24.3 Å². The van der Waals surface area contributed by atoms with E-state index in [0.717, 1.165) is 6.54 Å². The molecule has 2 nitrogen and oxygen atoms in total. The predicted molar refractivity (Wildman–Crippen MR) is 74.3 cm³/mol. The van der Waals surface area contributed by atoms with Gasteiger partial charge in [0.15, 0.2) is 0 Å². The standard InChI is InChI=1S/C13H16N2.C2H6/c1-14-8-7-13-11(9-14)10-5-3-4-6-12(10)15(13)2;1-2/h3-6H,7-9H2,1-2H3;1-2H3. The van der Waals surface area contributed by atoms with Crippen molar-refractivity contribution in [2.45, 2.75) is 26.8 Å². The summed E-state index contributed by atoms with van der Waals surface area (Å²) in [4.78, 5) is 2.40. The largest absolute Gasteiger partial charge is 0.347 e. The van der Waals surface area contributed by atoms with Gasteiger partial charge in [-0.15, -0.1) is 0 Å². The molecule has 0 saturated carbocycles. The fourth-order valence-corrected chi connectivity index (χ4v) is 2.67. The van der Waals surface area contributed by atoms with Gasteiger partial charge in [-0.25, -0.2) is 0 Å². The minimum atomic E-state index is 1.09. The molecular weight excluding hydrogens is 208 g/mol. The molecule has 2 heterocycles. The summed E-state index contributed by atoms with van der Waals surface area (Å²) in [6.45, 7) is 6.27. The molecular formula is C15H22N2. The average Bonchev–Trinajstić information content (AvgIpc) is 2.66. The van der Waals surface area contributed by atoms with Crippen LogP contribution in [0.2, 0.25) is 0 Å². The normalized spacial score (nSPS) is 15.3. The molecule has 0 amide bonds. The first-order valence-electron chi connectivity index (χ1n) is 6.51. The smallest absolute Gasteiger partial charge is 0.0483 e. The second-order valence-electron chi connectivity index (χ2n) is 4.49. The third kappa shape index (κ3) is 1.98. The van der Waals surface area contributed by atoms with Crippen LogP contribution in [0.25, 0.3) is 10.9 Å². The summed E-state index contributed by atoms with van der Waals surface area (Å²) < 4.78 is 2.36. The summed E-state index contributed by atoms with van der Waals surface area (Å²) >= 11 is 0. The number of hydrogen-bond donors (Lipinski definition) is 0. The first-order valence-corrected chi connectivity index (χ1v) is 6.51. The molecule has 1 aliphatic heterocycles. The van der Waals surface area contributed by atoms with Crippen LogP contribution in [-0.4, -0.2) is 23.1 Å². The molecule has 92 valence electrons. The maximum atomic E-state index is 2.40. The lowest BCUT2D eigenvalue weighted by molar-refractivity contribution is 0.310. The van der Waals surface area contributed by atoms with E-state index in [4.69, 9.17) is 0 Å². The molecule has 1 aromatic carbocycles. The number of fused-ring (bicyclic) bond motifs is 3. The molecule has 3 rings (SSSR count). The zero-order chi connectivity index (χ0) is 12.4. The summed E-state index contributed by atoms with van der Waals surface area (Å²) in [7, 11) is 4.39. The van der Waals surface area contributed by atoms with Crippen LogP contribution in [0.5, 0.6) is 0 Å². The highest BCUT2D eigenvalue weighted by atomic mass is 15.1. The SMILES string of the molecule is CC.CN1CCc2c(c3ccccc3n2C)C1. The third-order valence-corrected chi connectivity index (χ3v) is 3.50. The van der Waals surface area contributed by atoms with Gasteiger partial charge in [0.25, 0.3) is 0 Å². The molecule has 0 atom stereocenters. The number of aryl methyl sites for hydroxylation is 1. The van der Waals surface area contributed by atoms with Gasteiger partial charge < -0.3 is 9.47 Å². The highest BCUT2D eigenvalue weighted by Crippen LogP contribution is 2.29. The highest BCUT2D eigenvalue weighted by Gasteiger charge is 2.19. The fourth-order valence-electron chi connectivity index (χ4n) is 2.67. The van der Waals surface area contributed by atoms with E-state index < -0.39 is 0 Å². The number of hydrogen-bond acceptors (Lipinski definition) is 1. The summed E-state index contributed by atoms with van der Waals surface area (Å²) in [5.41, 5.74) is 4.42. The lowest BCUT2D eigenvalue weighted by Gasteiger charge is -2.23. The molecule has 0 bridgehead atoms. The minimum Gasteiger partial charge on any atom is -0.347 e. The molecule has 17 heavy (non-hydrogen) atoms. The summed E-state index contributed by atoms with van der Waals surface area (Å²) in [5.74, 6) is 0. The topological polar surface area (TPSA) is 8.17 Å². The van der Waals surface area contributed by atoms with E-state index >= 15 is 0 Å². The Balaban J connectivity index is 0.000000514. The van der Waals surface area contributed by atoms with E-state index in [9.17, 15) is 0 Å². The maximum Gasteiger partial charge on any atom is 0.0483 e. The molecule has 0 radical (unpaired) electrons. The Bertz CT molecular complexity index is 511. The van der Waals surface area contributed by atoms with E-state index in [2.05, 4.69) is 47.8 Å². The van der Waals surface area contributed by atoms with Gasteiger partial charge >= 0.3 is 0 Å². The number of nitrogens with zero attached hydrogens (tertiary/aromatic N) is 2. The number of likely N-dealkylation sites (N-methyl/N-ethyl adjacent to an activating group) is 1. The van der Waals surface area contributed by atoms with E-state index in [-0.39, 0.29) is 0 Å². The summed E-state index contributed by atoms with van der Waals surface area (Å²) in [6, 6.07) is 8.72. The molecule has 0 saturated heterocycles. The van der Waals surface area contributed by atoms with Crippen LogP contribution in [0.3, 0.4) is 0 Å². The second-order valence-corrected chi connectivity index (χ2v) is 4.49. The van der Waals surface area contributed by atoms with Crippen molar-refractivity contribution in [2.24, 2.45) is 7.05 Å². The van der Waals surface area contributed by atoms with Crippen molar-refractivity contribution in [3.63, 3.8) is 0 Å². The Morgan fingerprint density at radius 1 is 1.06 bits per heavy atom. The molecule has 0 aliphatic carbocycles. The zero-order valence-corrected chi connectivity index (χ0v) is 11.3. The number of aromatic nitrogens is 1. The van der Waals surface area contributed by atoms with Crippen LogP contribution < -0.4 is 0 Å². The Morgan fingerprint density at radius 3 is 2.53 bits per heavy atom. The highest BCUT2D eigenvalue weighted by molar-refractivity contribution is 5.85. The fraction of sp³-hybridized carbons (Fsp3) is 0.467. The van der Waals surface area contributed by atoms with Crippen molar-refractivity contribution in [1.82, 2.24) is 9.47 Å². The van der Waals surface area contributed by atoms with E-state index in [1.54, 1.807) is 0 Å². The molecule has 0 spiro atoms. The van der Waals surface area contributed by atoms with Crippen molar-refractivity contribution in [3.05, 3.63) is 35.5 Å². The van der Waals surface area contributed by atoms with Crippen molar-refractivity contribution < 1.29 is 0 Å². The Morgan fingerprint density at radius 2 is 1.76 bits per heavy atom. The Kier molecular flexibility index (Phi) is 3.53. The van der Waals surface area contributed by atoms with Gasteiger partial charge in [-0.05, 0) is 18.7 Å². The third-order valence-electron chi connectivity index (χ3n) is 3.50. The van der Waals surface area contributed by atoms with Crippen LogP contribution in [0, 0.1) is 0 Å². The van der Waals surface area contributed by atoms with Crippen molar-refractivity contribution in [2.75, 3.05) is 13.6 Å². The Labute approximate surface area is 104 Å². The van der Waals surface area contributed by atoms with E-state index in [0.29, 0.717) is 0 Å². The van der Waals surface area contributed by atoms with Gasteiger partial charge in [0.05, 0.1) is 0 Å². The average molecular weight is 230 g/mol. The summed E-state index contributed by atoms with van der Waals surface area (Å²) in [5, 5.41) is 1.43. The molecule has 2 aromatic rings. The first kappa shape index (κ1) is 12.2. The quantitative estimate of drug-likeness (QED) is 0.675. The van der Waals surface area contributed by atoms with Gasteiger partial charge in [0.2, 0.25) is 0 Å². The lowest BCUT2D eigenvalue weighted by Crippen LogP contribution is -2.26. The van der Waals surface area contributed by atoms with Gasteiger partial charge in [-0.3, -0.25) is 0 Å². The Hall–Kier alpha value is -1.28. The molecule has 1 aliphatic rings. The van der Waals surface area contributed by atoms with Crippen LogP contribution in [0.1, 0.15) is 25.1 Å². The summed E-state index contributed by atoms with van der Waals surface area (Å²) in [6.07, 6.45) is 1.18. The van der Waals surface area contributed by atoms with Crippen LogP contribution >= 0.6 is 0 Å². The van der Waals surface area contributed by atoms with Gasteiger partial charge in [0.1, 0.15) is 0 Å². The first-order chi connectivity index (χ1) is 8.27. The number of benzene rings is 1. The molecule has 1 aromatic heterocycles. The number of para-hydroxylation sites is 1. The van der Waals surface area contributed by atoms with Gasteiger partial charge in [-0.2, -0.15) is 0 Å². The van der Waals surface area contributed by atoms with Crippen molar-refractivity contribution in [3.8, 4) is 0 Å². The second kappa shape index (κ2) is 4.92. The minimum absolute atomic E-state index is 1.09. The van der Waals surface area contributed by atoms with Crippen molar-refractivity contribution >= 4 is 10.9 Å². The lowest BCUT2D eigenvalue weighted by atomic mass is 10.1. The molecule has 0 N–H and O–H groups in total. The van der Waals surface area contributed by atoms with E-state index in [1.807, 2.05) is 13.8 Å². The maximum absolute atomic E-state index is 2.40. The van der Waals surface area contributed by atoms with Gasteiger partial charge in [0, 0.05) is 43.2 Å². The zero-order valence-electron chi connectivity index (χ0n) is 11.3. The predicted octanol–water partition coefficient (Wildman–Crippen LogP) is 3.19. The van der Waals surface area contributed by atoms with Crippen LogP contribution in [0.4, 0.5) is 0 Å². The van der Waals surface area contributed by atoms with E-state index in [1.165, 1.54) is 35.1 Å². The van der Waals surface area contributed by atoms with Crippen LogP contribution in [-0.2, 0) is 20.0 Å². The molecule has 0 unspecified atom stereocenters. The molecule has 0 fully saturated rings. The number of rotatable bonds is 0. The molecule has 2 heteroatoms. The van der Waals surface area contributed by atoms with Gasteiger partial charge in [-0.1, -0.05) is 32.0 Å². The van der Waals surface area contributed by atoms with Crippen molar-refractivity contribution in [1.29, 1.82) is 0 Å².